The third kappa shape index (κ3) is 4.27. The summed E-state index contributed by atoms with van der Waals surface area (Å²) < 4.78 is 4.57. The van der Waals surface area contributed by atoms with Crippen LogP contribution in [-0.2, 0) is 0 Å². The molecule has 0 saturated heterocycles. The molecular formula is C43H32N4. The summed E-state index contributed by atoms with van der Waals surface area (Å²) in [6.07, 6.45) is 0. The second kappa shape index (κ2) is 10.5. The highest BCUT2D eigenvalue weighted by Crippen LogP contribution is 2.43. The third-order valence-electron chi connectivity index (χ3n) is 9.53. The molecule has 0 bridgehead atoms. The van der Waals surface area contributed by atoms with E-state index < -0.39 is 0 Å². The highest BCUT2D eigenvalue weighted by Gasteiger charge is 2.25. The molecule has 6 aromatic carbocycles. The largest absolute Gasteiger partial charge is 0.308 e. The highest BCUT2D eigenvalue weighted by molar-refractivity contribution is 6.12. The molecule has 0 spiro atoms. The Morgan fingerprint density at radius 3 is 1.32 bits per heavy atom. The first-order valence-corrected chi connectivity index (χ1v) is 15.9. The average Bonchev–Trinajstić information content (AvgIpc) is 3.54. The highest BCUT2D eigenvalue weighted by atomic mass is 15.0. The Kier molecular flexibility index (Phi) is 6.33. The summed E-state index contributed by atoms with van der Waals surface area (Å²) >= 11 is 0. The lowest BCUT2D eigenvalue weighted by molar-refractivity contribution is 1.11. The van der Waals surface area contributed by atoms with Crippen molar-refractivity contribution in [2.24, 2.45) is 0 Å². The monoisotopic (exact) mass is 604 g/mol. The molecule has 0 aliphatic heterocycles. The summed E-state index contributed by atoms with van der Waals surface area (Å²) in [6, 6.07) is 41.4. The van der Waals surface area contributed by atoms with E-state index in [0.29, 0.717) is 11.1 Å². The van der Waals surface area contributed by atoms with E-state index in [9.17, 15) is 10.5 Å². The summed E-state index contributed by atoms with van der Waals surface area (Å²) in [5.41, 5.74) is 14.7. The molecule has 0 aliphatic rings. The Bertz CT molecular complexity index is 2580. The van der Waals surface area contributed by atoms with E-state index in [1.165, 1.54) is 0 Å². The molecule has 0 fully saturated rings. The van der Waals surface area contributed by atoms with Crippen molar-refractivity contribution in [2.75, 3.05) is 0 Å². The van der Waals surface area contributed by atoms with Crippen LogP contribution in [0.2, 0.25) is 0 Å². The minimum absolute atomic E-state index is 0.592. The van der Waals surface area contributed by atoms with Crippen molar-refractivity contribution in [1.29, 1.82) is 10.5 Å². The first kappa shape index (κ1) is 28.4. The number of aryl methyl sites for hydroxylation is 5. The van der Waals surface area contributed by atoms with Gasteiger partial charge in [-0.2, -0.15) is 10.5 Å². The van der Waals surface area contributed by atoms with Crippen LogP contribution in [-0.4, -0.2) is 9.13 Å². The minimum atomic E-state index is 0.592. The summed E-state index contributed by atoms with van der Waals surface area (Å²) in [7, 11) is 0. The number of nitrogens with zero attached hydrogens (tertiary/aromatic N) is 4. The maximum atomic E-state index is 11.3. The molecule has 0 radical (unpaired) electrons. The van der Waals surface area contributed by atoms with Crippen LogP contribution in [0.1, 0.15) is 38.9 Å². The van der Waals surface area contributed by atoms with Crippen LogP contribution in [0.25, 0.3) is 66.1 Å². The van der Waals surface area contributed by atoms with E-state index in [1.54, 1.807) is 0 Å². The van der Waals surface area contributed by atoms with E-state index in [2.05, 4.69) is 134 Å². The predicted molar refractivity (Wildman–Crippen MR) is 194 cm³/mol. The van der Waals surface area contributed by atoms with Crippen LogP contribution in [0.4, 0.5) is 0 Å². The molecule has 4 heteroatoms. The number of fused-ring (bicyclic) bond motifs is 6. The molecule has 2 heterocycles. The van der Waals surface area contributed by atoms with Gasteiger partial charge in [0.25, 0.3) is 0 Å². The van der Waals surface area contributed by atoms with Crippen molar-refractivity contribution in [3.63, 3.8) is 0 Å². The number of aromatic nitrogens is 2. The average molecular weight is 605 g/mol. The molecule has 2 aromatic heterocycles. The second-order valence-corrected chi connectivity index (χ2v) is 12.9. The maximum Gasteiger partial charge on any atom is 0.104 e. The van der Waals surface area contributed by atoms with Crippen molar-refractivity contribution in [3.05, 3.63) is 142 Å². The van der Waals surface area contributed by atoms with Crippen LogP contribution >= 0.6 is 0 Å². The molecule has 0 unspecified atom stereocenters. The van der Waals surface area contributed by atoms with Crippen LogP contribution in [0, 0.1) is 57.3 Å². The van der Waals surface area contributed by atoms with Crippen LogP contribution in [0.5, 0.6) is 0 Å². The summed E-state index contributed by atoms with van der Waals surface area (Å²) in [6.45, 7) is 10.5. The van der Waals surface area contributed by atoms with Gasteiger partial charge in [0.05, 0.1) is 45.1 Å². The first-order valence-electron chi connectivity index (χ1n) is 15.9. The molecule has 224 valence electrons. The first-order chi connectivity index (χ1) is 22.8. The number of hydrogen-bond donors (Lipinski definition) is 0. The van der Waals surface area contributed by atoms with Crippen molar-refractivity contribution >= 4 is 43.6 Å². The van der Waals surface area contributed by atoms with Gasteiger partial charge in [-0.1, -0.05) is 60.7 Å². The Morgan fingerprint density at radius 2 is 0.894 bits per heavy atom. The zero-order valence-electron chi connectivity index (χ0n) is 27.1. The number of benzene rings is 6. The smallest absolute Gasteiger partial charge is 0.104 e. The summed E-state index contributed by atoms with van der Waals surface area (Å²) in [5.74, 6) is 0. The molecule has 4 nitrogen and oxygen atoms in total. The normalized spacial score (nSPS) is 11.5. The fourth-order valence-electron chi connectivity index (χ4n) is 7.34. The Hall–Kier alpha value is -6.10. The van der Waals surface area contributed by atoms with E-state index in [0.717, 1.165) is 93.9 Å². The van der Waals surface area contributed by atoms with Gasteiger partial charge in [-0.15, -0.1) is 0 Å². The van der Waals surface area contributed by atoms with Crippen LogP contribution in [0.15, 0.2) is 103 Å². The number of nitriles is 2. The van der Waals surface area contributed by atoms with Gasteiger partial charge in [0, 0.05) is 27.1 Å². The zero-order chi connectivity index (χ0) is 32.6. The van der Waals surface area contributed by atoms with Gasteiger partial charge in [0.1, 0.15) is 11.6 Å². The van der Waals surface area contributed by atoms with E-state index in [1.807, 2.05) is 25.1 Å². The van der Waals surface area contributed by atoms with Gasteiger partial charge < -0.3 is 9.13 Å². The Morgan fingerprint density at radius 1 is 0.447 bits per heavy atom. The minimum Gasteiger partial charge on any atom is -0.308 e. The zero-order valence-corrected chi connectivity index (χ0v) is 27.1. The number of rotatable bonds is 3. The van der Waals surface area contributed by atoms with Crippen molar-refractivity contribution < 1.29 is 0 Å². The predicted octanol–water partition coefficient (Wildman–Crippen LogP) is 10.8. The summed E-state index contributed by atoms with van der Waals surface area (Å²) in [5, 5.41) is 25.6. The molecule has 8 aromatic rings. The van der Waals surface area contributed by atoms with Gasteiger partial charge in [-0.25, -0.2) is 0 Å². The fourth-order valence-corrected chi connectivity index (χ4v) is 7.34. The lowest BCUT2D eigenvalue weighted by Crippen LogP contribution is -2.07. The van der Waals surface area contributed by atoms with Gasteiger partial charge in [-0.05, 0) is 110 Å². The maximum absolute atomic E-state index is 11.3. The molecular weight excluding hydrogens is 573 g/mol. The lowest BCUT2D eigenvalue weighted by Gasteiger charge is -2.21. The van der Waals surface area contributed by atoms with Crippen molar-refractivity contribution in [1.82, 2.24) is 9.13 Å². The third-order valence-corrected chi connectivity index (χ3v) is 9.53. The molecule has 0 saturated carbocycles. The van der Waals surface area contributed by atoms with Gasteiger partial charge >= 0.3 is 0 Å². The van der Waals surface area contributed by atoms with Gasteiger partial charge in [-0.3, -0.25) is 0 Å². The molecule has 0 aliphatic carbocycles. The molecule has 8 rings (SSSR count). The quantitative estimate of drug-likeness (QED) is 0.201. The summed E-state index contributed by atoms with van der Waals surface area (Å²) in [4.78, 5) is 0. The standard InChI is InChI=1S/C43H32N4/c1-25-6-11-32-33-12-7-26(2)19-40(33)46(39(32)18-25)38-17-16-36(31-15-10-30(23-44)22-29(31)5)43(37(38)24-45)47-41-20-27(3)8-13-34(41)35-14-9-28(4)21-42(35)47/h6-22H,1-5H3. The topological polar surface area (TPSA) is 57.4 Å². The Labute approximate surface area is 274 Å². The lowest BCUT2D eigenvalue weighted by atomic mass is 9.94. The fraction of sp³-hybridized carbons (Fsp3) is 0.116. The van der Waals surface area contributed by atoms with Crippen LogP contribution < -0.4 is 0 Å². The Balaban J connectivity index is 1.60. The van der Waals surface area contributed by atoms with Gasteiger partial charge in [0.15, 0.2) is 0 Å². The van der Waals surface area contributed by atoms with Crippen molar-refractivity contribution in [3.8, 4) is 34.6 Å². The number of hydrogen-bond acceptors (Lipinski definition) is 2. The SMILES string of the molecule is Cc1ccc2c3ccc(C)cc3n(-c3ccc(-c4ccc(C#N)cc4C)c(-n4c5cc(C)ccc5c5ccc(C)cc54)c3C#N)c2c1. The van der Waals surface area contributed by atoms with Crippen LogP contribution in [0.3, 0.4) is 0 Å². The van der Waals surface area contributed by atoms with E-state index >= 15 is 0 Å². The second-order valence-electron chi connectivity index (χ2n) is 12.9. The molecule has 0 atom stereocenters. The van der Waals surface area contributed by atoms with E-state index in [-0.39, 0.29) is 0 Å². The molecule has 47 heavy (non-hydrogen) atoms. The molecule has 0 amide bonds. The van der Waals surface area contributed by atoms with E-state index in [4.69, 9.17) is 0 Å². The molecule has 0 N–H and O–H groups in total. The van der Waals surface area contributed by atoms with Gasteiger partial charge in [0.2, 0.25) is 0 Å². The van der Waals surface area contributed by atoms with Crippen molar-refractivity contribution in [2.45, 2.75) is 34.6 Å².